The number of hydrogen-bond donors (Lipinski definition) is 2. The fourth-order valence-electron chi connectivity index (χ4n) is 4.96. The molecule has 0 atom stereocenters. The Morgan fingerprint density at radius 1 is 1.11 bits per heavy atom. The molecule has 11 heteroatoms. The average molecular weight is 493 g/mol. The number of fused-ring (bicyclic) bond motifs is 1. The number of halogens is 4. The lowest BCUT2D eigenvalue weighted by Crippen LogP contribution is -2.55. The monoisotopic (exact) mass is 493 g/mol. The Hall–Kier alpha value is -3.50. The summed E-state index contributed by atoms with van der Waals surface area (Å²) in [4.78, 5) is 50.9. The summed E-state index contributed by atoms with van der Waals surface area (Å²) in [5.41, 5.74) is -1.25. The first-order valence-corrected chi connectivity index (χ1v) is 11.1. The average Bonchev–Trinajstić information content (AvgIpc) is 3.39. The minimum absolute atomic E-state index is 0.0166. The zero-order valence-electron chi connectivity index (χ0n) is 18.8. The molecule has 1 aromatic carbocycles. The molecule has 1 aromatic heterocycles. The van der Waals surface area contributed by atoms with Gasteiger partial charge in [-0.3, -0.25) is 19.2 Å². The Balaban J connectivity index is 1.56. The van der Waals surface area contributed by atoms with Gasteiger partial charge in [-0.15, -0.1) is 0 Å². The van der Waals surface area contributed by atoms with Crippen LogP contribution < -0.4 is 10.6 Å². The fraction of sp³-hybridized carbons (Fsp3) is 0.417. The molecule has 35 heavy (non-hydrogen) atoms. The predicted octanol–water partition coefficient (Wildman–Crippen LogP) is 3.93. The van der Waals surface area contributed by atoms with Crippen molar-refractivity contribution in [2.75, 3.05) is 12.4 Å². The predicted molar refractivity (Wildman–Crippen MR) is 117 cm³/mol. The quantitative estimate of drug-likeness (QED) is 0.331. The molecule has 1 aliphatic heterocycles. The summed E-state index contributed by atoms with van der Waals surface area (Å²) in [6.07, 6.45) is -3.99. The molecule has 186 valence electrons. The topological polar surface area (TPSA) is 97.3 Å². The van der Waals surface area contributed by atoms with E-state index in [0.717, 1.165) is 6.07 Å². The van der Waals surface area contributed by atoms with E-state index in [4.69, 9.17) is 0 Å². The number of nitrogens with one attached hydrogen (secondary N) is 2. The Morgan fingerprint density at radius 2 is 1.83 bits per heavy atom. The molecular weight excluding hydrogens is 470 g/mol. The second-order valence-corrected chi connectivity index (χ2v) is 9.02. The first kappa shape index (κ1) is 24.6. The third-order valence-electron chi connectivity index (χ3n) is 6.53. The van der Waals surface area contributed by atoms with E-state index in [0.29, 0.717) is 25.1 Å². The highest BCUT2D eigenvalue weighted by molar-refractivity contribution is 6.44. The van der Waals surface area contributed by atoms with Crippen LogP contribution in [0.3, 0.4) is 0 Å². The molecule has 2 aliphatic rings. The maximum Gasteiger partial charge on any atom is 0.272 e. The van der Waals surface area contributed by atoms with Crippen LogP contribution in [0.25, 0.3) is 0 Å². The summed E-state index contributed by atoms with van der Waals surface area (Å²) >= 11 is 0. The van der Waals surface area contributed by atoms with Crippen molar-refractivity contribution < 1.29 is 36.7 Å². The zero-order chi connectivity index (χ0) is 25.5. The highest BCUT2D eigenvalue weighted by Gasteiger charge is 2.61. The summed E-state index contributed by atoms with van der Waals surface area (Å²) in [7, 11) is 1.27. The van der Waals surface area contributed by atoms with E-state index in [1.165, 1.54) is 31.3 Å². The second-order valence-electron chi connectivity index (χ2n) is 9.02. The summed E-state index contributed by atoms with van der Waals surface area (Å²) in [5.74, 6) is -6.39. The van der Waals surface area contributed by atoms with Gasteiger partial charge in [0.2, 0.25) is 23.4 Å². The third kappa shape index (κ3) is 4.59. The van der Waals surface area contributed by atoms with E-state index < -0.39 is 60.4 Å². The van der Waals surface area contributed by atoms with Crippen LogP contribution in [0.1, 0.15) is 64.2 Å². The number of carbonyl (C=O) groups excluding carboxylic acids is 4. The minimum atomic E-state index is -3.08. The molecule has 2 heterocycles. The van der Waals surface area contributed by atoms with Gasteiger partial charge in [-0.2, -0.15) is 0 Å². The molecule has 0 spiro atoms. The second kappa shape index (κ2) is 8.94. The normalized spacial score (nSPS) is 17.4. The van der Waals surface area contributed by atoms with Gasteiger partial charge in [-0.05, 0) is 31.0 Å². The fourth-order valence-corrected chi connectivity index (χ4v) is 4.96. The van der Waals surface area contributed by atoms with Gasteiger partial charge in [0.25, 0.3) is 12.3 Å². The molecule has 7 nitrogen and oxygen atoms in total. The van der Waals surface area contributed by atoms with E-state index in [1.807, 2.05) is 0 Å². The number of alkyl halides is 4. The van der Waals surface area contributed by atoms with Crippen LogP contribution in [0.15, 0.2) is 30.3 Å². The number of nitrogens with zero attached hydrogens (tertiary/aromatic N) is 1. The summed E-state index contributed by atoms with van der Waals surface area (Å²) < 4.78 is 54.6. The molecular formula is C24H23F4N3O4. The van der Waals surface area contributed by atoms with Crippen LogP contribution in [0.5, 0.6) is 0 Å². The number of carbonyl (C=O) groups is 4. The lowest BCUT2D eigenvalue weighted by molar-refractivity contribution is -0.181. The first-order chi connectivity index (χ1) is 16.5. The number of anilines is 1. The van der Waals surface area contributed by atoms with Crippen molar-refractivity contribution in [2.45, 2.75) is 51.0 Å². The van der Waals surface area contributed by atoms with Crippen LogP contribution in [0, 0.1) is 5.41 Å². The lowest BCUT2D eigenvalue weighted by atomic mass is 9.62. The molecule has 0 unspecified atom stereocenters. The van der Waals surface area contributed by atoms with Crippen molar-refractivity contribution in [2.24, 2.45) is 5.41 Å². The highest BCUT2D eigenvalue weighted by Crippen LogP contribution is 2.54. The summed E-state index contributed by atoms with van der Waals surface area (Å²) in [5, 5.41) is 4.81. The highest BCUT2D eigenvalue weighted by atomic mass is 19.3. The molecule has 4 rings (SSSR count). The molecule has 0 bridgehead atoms. The Morgan fingerprint density at radius 3 is 2.46 bits per heavy atom. The molecule has 2 N–H and O–H groups in total. The van der Waals surface area contributed by atoms with Crippen LogP contribution >= 0.6 is 0 Å². The van der Waals surface area contributed by atoms with E-state index in [1.54, 1.807) is 4.57 Å². The van der Waals surface area contributed by atoms with Crippen LogP contribution in [0.4, 0.5) is 23.2 Å². The number of benzene rings is 1. The molecule has 2 aromatic rings. The van der Waals surface area contributed by atoms with E-state index in [9.17, 15) is 36.7 Å². The maximum atomic E-state index is 13.6. The van der Waals surface area contributed by atoms with Crippen molar-refractivity contribution in [3.8, 4) is 0 Å². The molecule has 1 aliphatic carbocycles. The minimum Gasteiger partial charge on any atom is -0.359 e. The third-order valence-corrected chi connectivity index (χ3v) is 6.53. The molecule has 0 radical (unpaired) electrons. The number of Topliss-reactive ketones (excluding diaryl/α,β-unsaturated/α-hetero) is 2. The van der Waals surface area contributed by atoms with Gasteiger partial charge in [0.05, 0.1) is 5.41 Å². The van der Waals surface area contributed by atoms with Crippen LogP contribution in [0.2, 0.25) is 0 Å². The number of hydrogen-bond acceptors (Lipinski definition) is 4. The summed E-state index contributed by atoms with van der Waals surface area (Å²) in [6.45, 7) is 0.408. The largest absolute Gasteiger partial charge is 0.359 e. The van der Waals surface area contributed by atoms with E-state index >= 15 is 0 Å². The summed E-state index contributed by atoms with van der Waals surface area (Å²) in [6, 6.07) is 6.43. The van der Waals surface area contributed by atoms with E-state index in [2.05, 4.69) is 10.6 Å². The van der Waals surface area contributed by atoms with Crippen LogP contribution in [-0.4, -0.2) is 40.9 Å². The molecule has 1 saturated carbocycles. The van der Waals surface area contributed by atoms with Gasteiger partial charge in [-0.25, -0.2) is 17.6 Å². The first-order valence-electron chi connectivity index (χ1n) is 11.1. The Labute approximate surface area is 197 Å². The maximum absolute atomic E-state index is 13.6. The standard InChI is InChI=1S/C24H23F4N3O4/c1-29-22(35)23(11-24(27,28)12-23)10-18(32)19(33)15-9-17(31-7-3-6-16(15)31)21(34)30-14-5-2-4-13(8-14)20(25)26/h2,4-5,8-9,20H,3,6-7,10-12H2,1H3,(H,29,35)(H,30,34). The van der Waals surface area contributed by atoms with Gasteiger partial charge < -0.3 is 15.2 Å². The number of ketones is 2. The van der Waals surface area contributed by atoms with Gasteiger partial charge in [0.15, 0.2) is 0 Å². The van der Waals surface area contributed by atoms with Crippen LogP contribution in [-0.2, 0) is 22.6 Å². The van der Waals surface area contributed by atoms with Gasteiger partial charge in [-0.1, -0.05) is 12.1 Å². The van der Waals surface area contributed by atoms with Crippen molar-refractivity contribution in [3.63, 3.8) is 0 Å². The number of rotatable bonds is 8. The van der Waals surface area contributed by atoms with Crippen molar-refractivity contribution >= 4 is 29.1 Å². The molecule has 1 fully saturated rings. The number of amides is 2. The van der Waals surface area contributed by atoms with Gasteiger partial charge >= 0.3 is 0 Å². The van der Waals surface area contributed by atoms with Crippen molar-refractivity contribution in [1.29, 1.82) is 0 Å². The molecule has 0 saturated heterocycles. The van der Waals surface area contributed by atoms with Gasteiger partial charge in [0.1, 0.15) is 5.69 Å². The number of aromatic nitrogens is 1. The lowest BCUT2D eigenvalue weighted by Gasteiger charge is -2.45. The Bertz CT molecular complexity index is 1210. The Kier molecular flexibility index (Phi) is 6.29. The zero-order valence-corrected chi connectivity index (χ0v) is 18.8. The van der Waals surface area contributed by atoms with Gasteiger partial charge in [0, 0.05) is 55.4 Å². The SMILES string of the molecule is CNC(=O)C1(CC(=O)C(=O)c2cc(C(=O)Nc3cccc(C(F)F)c3)n3c2CCC3)CC(F)(F)C1. The van der Waals surface area contributed by atoms with Crippen molar-refractivity contribution in [1.82, 2.24) is 9.88 Å². The van der Waals surface area contributed by atoms with Crippen molar-refractivity contribution in [3.05, 3.63) is 52.8 Å². The van der Waals surface area contributed by atoms with E-state index in [-0.39, 0.29) is 22.5 Å². The molecule has 2 amide bonds. The smallest absolute Gasteiger partial charge is 0.272 e.